The highest BCUT2D eigenvalue weighted by Gasteiger charge is 2.41. The van der Waals surface area contributed by atoms with Crippen molar-refractivity contribution >= 4 is 17.9 Å². The lowest BCUT2D eigenvalue weighted by molar-refractivity contribution is -0.150. The van der Waals surface area contributed by atoms with Crippen LogP contribution in [0.1, 0.15) is 41.0 Å². The summed E-state index contributed by atoms with van der Waals surface area (Å²) in [6.07, 6.45) is -0.275. The summed E-state index contributed by atoms with van der Waals surface area (Å²) in [5.74, 6) is -0.431. The predicted octanol–water partition coefficient (Wildman–Crippen LogP) is 0.764. The molecule has 2 rings (SSSR count). The first-order valence-electron chi connectivity index (χ1n) is 9.86. The largest absolute Gasteiger partial charge is 0.444 e. The van der Waals surface area contributed by atoms with Crippen molar-refractivity contribution in [2.45, 2.75) is 64.8 Å². The van der Waals surface area contributed by atoms with Crippen molar-refractivity contribution in [3.05, 3.63) is 0 Å². The average Bonchev–Trinajstić information content (AvgIpc) is 2.94. The van der Waals surface area contributed by atoms with Crippen molar-refractivity contribution in [3.8, 4) is 0 Å². The van der Waals surface area contributed by atoms with E-state index in [4.69, 9.17) is 14.2 Å². The third-order valence-electron chi connectivity index (χ3n) is 4.50. The molecule has 9 heteroatoms. The summed E-state index contributed by atoms with van der Waals surface area (Å²) in [6.45, 7) is 11.5. The van der Waals surface area contributed by atoms with Gasteiger partial charge in [0.15, 0.2) is 0 Å². The average molecular weight is 399 g/mol. The molecule has 28 heavy (non-hydrogen) atoms. The van der Waals surface area contributed by atoms with E-state index in [1.807, 2.05) is 13.8 Å². The molecule has 1 N–H and O–H groups in total. The number of hydrogen-bond donors (Lipinski definition) is 1. The van der Waals surface area contributed by atoms with E-state index in [-0.39, 0.29) is 24.5 Å². The monoisotopic (exact) mass is 399 g/mol. The van der Waals surface area contributed by atoms with Crippen LogP contribution in [0, 0.1) is 0 Å². The normalized spacial score (nSPS) is 21.8. The lowest BCUT2D eigenvalue weighted by Gasteiger charge is -2.34. The van der Waals surface area contributed by atoms with Crippen molar-refractivity contribution in [1.29, 1.82) is 0 Å². The van der Waals surface area contributed by atoms with E-state index >= 15 is 0 Å². The molecule has 160 valence electrons. The molecule has 2 atom stereocenters. The SMILES string of the molecule is CC(C)OC[C@@H](C(=O)N1CCOCC1)N1CC[C@H](NC(=O)OC(C)(C)C)C1=O. The zero-order valence-corrected chi connectivity index (χ0v) is 17.5. The maximum absolute atomic E-state index is 13.0. The molecular weight excluding hydrogens is 366 g/mol. The van der Waals surface area contributed by atoms with Gasteiger partial charge in [-0.25, -0.2) is 4.79 Å². The third kappa shape index (κ3) is 6.34. The molecule has 2 fully saturated rings. The molecule has 2 saturated heterocycles. The molecule has 3 amide bonds. The van der Waals surface area contributed by atoms with Crippen LogP contribution in [0.25, 0.3) is 0 Å². The minimum atomic E-state index is -0.710. The number of morpholine rings is 1. The van der Waals surface area contributed by atoms with Gasteiger partial charge in [0.2, 0.25) is 11.8 Å². The molecule has 0 radical (unpaired) electrons. The van der Waals surface area contributed by atoms with Gasteiger partial charge in [0.05, 0.1) is 25.9 Å². The lowest BCUT2D eigenvalue weighted by Crippen LogP contribution is -2.55. The molecule has 0 aliphatic carbocycles. The summed E-state index contributed by atoms with van der Waals surface area (Å²) in [7, 11) is 0. The molecule has 0 aromatic rings. The van der Waals surface area contributed by atoms with Gasteiger partial charge in [-0.15, -0.1) is 0 Å². The molecule has 2 aliphatic rings. The Balaban J connectivity index is 2.04. The van der Waals surface area contributed by atoms with Gasteiger partial charge >= 0.3 is 6.09 Å². The van der Waals surface area contributed by atoms with E-state index in [2.05, 4.69) is 5.32 Å². The molecule has 0 bridgehead atoms. The Hall–Kier alpha value is -1.87. The van der Waals surface area contributed by atoms with Crippen LogP contribution in [0.4, 0.5) is 4.79 Å². The van der Waals surface area contributed by atoms with Gasteiger partial charge in [-0.3, -0.25) is 9.59 Å². The topological polar surface area (TPSA) is 97.4 Å². The Bertz CT molecular complexity index is 569. The lowest BCUT2D eigenvalue weighted by atomic mass is 10.2. The number of nitrogens with one attached hydrogen (secondary N) is 1. The van der Waals surface area contributed by atoms with Gasteiger partial charge in [-0.2, -0.15) is 0 Å². The summed E-state index contributed by atoms with van der Waals surface area (Å²) < 4.78 is 16.2. The van der Waals surface area contributed by atoms with Crippen molar-refractivity contribution in [3.63, 3.8) is 0 Å². The molecule has 0 unspecified atom stereocenters. The Morgan fingerprint density at radius 2 is 1.86 bits per heavy atom. The van der Waals surface area contributed by atoms with Crippen LogP contribution in [-0.2, 0) is 23.8 Å². The van der Waals surface area contributed by atoms with Crippen molar-refractivity contribution in [1.82, 2.24) is 15.1 Å². The second-order valence-corrected chi connectivity index (χ2v) is 8.35. The standard InChI is InChI=1S/C19H33N3O6/c1-13(2)27-12-15(17(24)21-8-10-26-11-9-21)22-7-6-14(16(22)23)20-18(25)28-19(3,4)5/h13-15H,6-12H2,1-5H3,(H,20,25)/t14-,15-/m0/s1. The second-order valence-electron chi connectivity index (χ2n) is 8.35. The van der Waals surface area contributed by atoms with Crippen molar-refractivity contribution in [2.75, 3.05) is 39.5 Å². The van der Waals surface area contributed by atoms with Gasteiger partial charge in [0, 0.05) is 19.6 Å². The Kier molecular flexibility index (Phi) is 7.65. The van der Waals surface area contributed by atoms with E-state index in [1.165, 1.54) is 4.90 Å². The van der Waals surface area contributed by atoms with E-state index in [1.54, 1.807) is 25.7 Å². The summed E-state index contributed by atoms with van der Waals surface area (Å²) in [5, 5.41) is 2.62. The fraction of sp³-hybridized carbons (Fsp3) is 0.842. The minimum Gasteiger partial charge on any atom is -0.444 e. The number of amides is 3. The van der Waals surface area contributed by atoms with Gasteiger partial charge in [0.1, 0.15) is 17.7 Å². The number of hydrogen-bond acceptors (Lipinski definition) is 6. The van der Waals surface area contributed by atoms with E-state index in [0.717, 1.165) is 0 Å². The zero-order chi connectivity index (χ0) is 20.9. The summed E-state index contributed by atoms with van der Waals surface area (Å²) in [5.41, 5.74) is -0.647. The smallest absolute Gasteiger partial charge is 0.408 e. The second kappa shape index (κ2) is 9.56. The van der Waals surface area contributed by atoms with Gasteiger partial charge in [-0.1, -0.05) is 0 Å². The predicted molar refractivity (Wildman–Crippen MR) is 102 cm³/mol. The molecule has 2 aliphatic heterocycles. The van der Waals surface area contributed by atoms with Crippen LogP contribution in [0.15, 0.2) is 0 Å². The Morgan fingerprint density at radius 3 is 2.43 bits per heavy atom. The Labute approximate surface area is 166 Å². The Morgan fingerprint density at radius 1 is 1.21 bits per heavy atom. The van der Waals surface area contributed by atoms with Crippen LogP contribution in [0.2, 0.25) is 0 Å². The molecule has 0 saturated carbocycles. The van der Waals surface area contributed by atoms with Gasteiger partial charge in [-0.05, 0) is 41.0 Å². The number of carbonyl (C=O) groups is 3. The summed E-state index contributed by atoms with van der Waals surface area (Å²) in [4.78, 5) is 41.2. The van der Waals surface area contributed by atoms with Gasteiger partial charge < -0.3 is 29.3 Å². The molecule has 0 spiro atoms. The maximum atomic E-state index is 13.0. The third-order valence-corrected chi connectivity index (χ3v) is 4.50. The first kappa shape index (κ1) is 22.4. The number of rotatable bonds is 6. The van der Waals surface area contributed by atoms with E-state index < -0.39 is 23.8 Å². The van der Waals surface area contributed by atoms with Gasteiger partial charge in [0.25, 0.3) is 0 Å². The maximum Gasteiger partial charge on any atom is 0.408 e. The minimum absolute atomic E-state index is 0.0617. The zero-order valence-electron chi connectivity index (χ0n) is 17.5. The van der Waals surface area contributed by atoms with Crippen molar-refractivity contribution in [2.24, 2.45) is 0 Å². The van der Waals surface area contributed by atoms with Crippen LogP contribution < -0.4 is 5.32 Å². The highest BCUT2D eigenvalue weighted by Crippen LogP contribution is 2.19. The number of carbonyl (C=O) groups excluding carboxylic acids is 3. The molecular formula is C19H33N3O6. The molecule has 9 nitrogen and oxygen atoms in total. The van der Waals surface area contributed by atoms with Crippen LogP contribution in [0.3, 0.4) is 0 Å². The first-order valence-corrected chi connectivity index (χ1v) is 9.86. The molecule has 2 heterocycles. The quantitative estimate of drug-likeness (QED) is 0.708. The van der Waals surface area contributed by atoms with Crippen LogP contribution >= 0.6 is 0 Å². The molecule has 0 aromatic heterocycles. The van der Waals surface area contributed by atoms with E-state index in [0.29, 0.717) is 39.3 Å². The van der Waals surface area contributed by atoms with E-state index in [9.17, 15) is 14.4 Å². The molecule has 0 aromatic carbocycles. The summed E-state index contributed by atoms with van der Waals surface area (Å²) in [6, 6.07) is -1.41. The number of alkyl carbamates (subject to hydrolysis) is 1. The van der Waals surface area contributed by atoms with Crippen LogP contribution in [-0.4, -0.2) is 91.0 Å². The highest BCUT2D eigenvalue weighted by molar-refractivity contribution is 5.93. The van der Waals surface area contributed by atoms with Crippen molar-refractivity contribution < 1.29 is 28.6 Å². The fourth-order valence-electron chi connectivity index (χ4n) is 3.17. The fourth-order valence-corrected chi connectivity index (χ4v) is 3.17. The number of ether oxygens (including phenoxy) is 3. The highest BCUT2D eigenvalue weighted by atomic mass is 16.6. The summed E-state index contributed by atoms with van der Waals surface area (Å²) >= 11 is 0. The number of nitrogens with zero attached hydrogens (tertiary/aromatic N) is 2. The van der Waals surface area contributed by atoms with Crippen LogP contribution in [0.5, 0.6) is 0 Å². The first-order chi connectivity index (χ1) is 13.1. The number of likely N-dealkylation sites (tertiary alicyclic amines) is 1.